The number of carbonyl (C=O) groups excluding carboxylic acids is 1. The lowest BCUT2D eigenvalue weighted by Gasteiger charge is -2.26. The summed E-state index contributed by atoms with van der Waals surface area (Å²) >= 11 is 0. The van der Waals surface area contributed by atoms with E-state index in [0.717, 1.165) is 65.1 Å². The lowest BCUT2D eigenvalue weighted by Crippen LogP contribution is -2.44. The molecule has 3 heterocycles. The normalized spacial score (nSPS) is 19.4. The predicted molar refractivity (Wildman–Crippen MR) is 95.0 cm³/mol. The number of nitrogens with zero attached hydrogens (tertiary/aromatic N) is 2. The summed E-state index contributed by atoms with van der Waals surface area (Å²) < 4.78 is 27.3. The van der Waals surface area contributed by atoms with Crippen LogP contribution in [0, 0.1) is 0 Å². The van der Waals surface area contributed by atoms with Crippen molar-refractivity contribution in [3.05, 3.63) is 18.0 Å². The molecule has 2 fully saturated rings. The van der Waals surface area contributed by atoms with Gasteiger partial charge in [-0.05, 0) is 31.9 Å². The van der Waals surface area contributed by atoms with Gasteiger partial charge in [-0.25, -0.2) is 13.1 Å². The lowest BCUT2D eigenvalue weighted by molar-refractivity contribution is 0.0787. The van der Waals surface area contributed by atoms with Crippen LogP contribution in [0.1, 0.15) is 29.8 Å². The molecule has 1 amide bonds. The molecule has 0 atom stereocenters. The van der Waals surface area contributed by atoms with Gasteiger partial charge < -0.3 is 20.1 Å². The maximum atomic E-state index is 12.4. The van der Waals surface area contributed by atoms with Crippen LogP contribution in [0.5, 0.6) is 0 Å². The highest BCUT2D eigenvalue weighted by atomic mass is 32.2. The van der Waals surface area contributed by atoms with Crippen molar-refractivity contribution < 1.29 is 13.2 Å². The largest absolute Gasteiger partial charge is 0.356 e. The molecule has 0 aliphatic carbocycles. The number of hydrogen-bond donors (Lipinski definition) is 3. The fourth-order valence-electron chi connectivity index (χ4n) is 3.27. The molecule has 9 heteroatoms. The number of nitrogens with one attached hydrogen (secondary N) is 3. The third kappa shape index (κ3) is 4.81. The fraction of sp³-hybridized carbons (Fsp3) is 0.688. The first-order valence-electron chi connectivity index (χ1n) is 8.97. The molecule has 1 aromatic rings. The minimum Gasteiger partial charge on any atom is -0.356 e. The van der Waals surface area contributed by atoms with Gasteiger partial charge in [-0.1, -0.05) is 0 Å². The second kappa shape index (κ2) is 8.31. The molecular weight excluding hydrogens is 342 g/mol. The Labute approximate surface area is 149 Å². The number of rotatable bonds is 7. The molecule has 140 valence electrons. The Morgan fingerprint density at radius 1 is 1.16 bits per heavy atom. The number of piperazine rings is 1. The van der Waals surface area contributed by atoms with Crippen LogP contribution in [0.2, 0.25) is 0 Å². The van der Waals surface area contributed by atoms with Crippen LogP contribution in [0.15, 0.2) is 17.2 Å². The Hall–Kier alpha value is -1.42. The minimum absolute atomic E-state index is 0.122. The molecule has 0 spiro atoms. The van der Waals surface area contributed by atoms with E-state index >= 15 is 0 Å². The molecule has 1 aromatic heterocycles. The molecule has 25 heavy (non-hydrogen) atoms. The number of amides is 1. The molecule has 0 radical (unpaired) electrons. The van der Waals surface area contributed by atoms with Crippen molar-refractivity contribution in [3.8, 4) is 0 Å². The highest BCUT2D eigenvalue weighted by molar-refractivity contribution is 7.89. The van der Waals surface area contributed by atoms with E-state index in [1.54, 1.807) is 4.90 Å². The Morgan fingerprint density at radius 2 is 1.88 bits per heavy atom. The monoisotopic (exact) mass is 369 g/mol. The maximum Gasteiger partial charge on any atom is 0.270 e. The lowest BCUT2D eigenvalue weighted by atomic mass is 10.3. The van der Waals surface area contributed by atoms with E-state index in [4.69, 9.17) is 0 Å². The molecule has 3 rings (SSSR count). The van der Waals surface area contributed by atoms with Crippen LogP contribution < -0.4 is 10.0 Å². The van der Waals surface area contributed by atoms with Crippen LogP contribution in [0.4, 0.5) is 0 Å². The van der Waals surface area contributed by atoms with Gasteiger partial charge in [-0.3, -0.25) is 4.79 Å². The van der Waals surface area contributed by atoms with E-state index in [9.17, 15) is 13.2 Å². The zero-order valence-electron chi connectivity index (χ0n) is 14.5. The van der Waals surface area contributed by atoms with E-state index in [2.05, 4.69) is 19.9 Å². The van der Waals surface area contributed by atoms with Gasteiger partial charge in [0.05, 0.1) is 0 Å². The zero-order valence-corrected chi connectivity index (χ0v) is 15.3. The van der Waals surface area contributed by atoms with Gasteiger partial charge in [0.2, 0.25) is 10.0 Å². The van der Waals surface area contributed by atoms with Gasteiger partial charge in [0.25, 0.3) is 5.91 Å². The molecular formula is C16H27N5O3S. The summed E-state index contributed by atoms with van der Waals surface area (Å²) in [5, 5.41) is 3.29. The number of carbonyl (C=O) groups is 1. The van der Waals surface area contributed by atoms with Crippen LogP contribution in [0.3, 0.4) is 0 Å². The van der Waals surface area contributed by atoms with Crippen molar-refractivity contribution in [2.45, 2.75) is 24.2 Å². The summed E-state index contributed by atoms with van der Waals surface area (Å²) in [5.74, 6) is -0.127. The molecule has 2 aliphatic heterocycles. The summed E-state index contributed by atoms with van der Waals surface area (Å²) in [6.07, 6.45) is 4.17. The van der Waals surface area contributed by atoms with Gasteiger partial charge in [-0.2, -0.15) is 0 Å². The molecule has 0 bridgehead atoms. The number of likely N-dealkylation sites (tertiary alicyclic amines) is 1. The molecule has 2 aliphatic rings. The molecule has 2 saturated heterocycles. The summed E-state index contributed by atoms with van der Waals surface area (Å²) in [5.41, 5.74) is 0.336. The van der Waals surface area contributed by atoms with Crippen LogP contribution >= 0.6 is 0 Å². The number of H-pyrrole nitrogens is 1. The first kappa shape index (κ1) is 18.4. The third-order valence-corrected chi connectivity index (χ3v) is 6.18. The SMILES string of the molecule is O=C(c1cc(S(=O)(=O)NCCCN2CCNCC2)c[nH]1)N1CCCC1. The predicted octanol–water partition coefficient (Wildman–Crippen LogP) is -0.176. The van der Waals surface area contributed by atoms with Crippen molar-refractivity contribution in [3.63, 3.8) is 0 Å². The highest BCUT2D eigenvalue weighted by Crippen LogP contribution is 2.15. The van der Waals surface area contributed by atoms with Crippen molar-refractivity contribution in [2.24, 2.45) is 0 Å². The van der Waals surface area contributed by atoms with Gasteiger partial charge in [0.1, 0.15) is 10.6 Å². The van der Waals surface area contributed by atoms with Crippen LogP contribution in [0.25, 0.3) is 0 Å². The quantitative estimate of drug-likeness (QED) is 0.580. The van der Waals surface area contributed by atoms with Crippen molar-refractivity contribution in [2.75, 3.05) is 52.4 Å². The van der Waals surface area contributed by atoms with Gasteiger partial charge >= 0.3 is 0 Å². The Kier molecular flexibility index (Phi) is 6.10. The average Bonchev–Trinajstić information content (AvgIpc) is 3.31. The van der Waals surface area contributed by atoms with Gasteiger partial charge in [-0.15, -0.1) is 0 Å². The molecule has 0 saturated carbocycles. The van der Waals surface area contributed by atoms with Gasteiger partial charge in [0.15, 0.2) is 0 Å². The number of hydrogen-bond acceptors (Lipinski definition) is 5. The van der Waals surface area contributed by atoms with Crippen molar-refractivity contribution >= 4 is 15.9 Å². The van der Waals surface area contributed by atoms with E-state index in [0.29, 0.717) is 12.2 Å². The molecule has 0 unspecified atom stereocenters. The topological polar surface area (TPSA) is 97.5 Å². The molecule has 0 aromatic carbocycles. The Bertz CT molecular complexity index is 676. The summed E-state index contributed by atoms with van der Waals surface area (Å²) in [6.45, 7) is 6.75. The highest BCUT2D eigenvalue weighted by Gasteiger charge is 2.23. The molecule has 8 nitrogen and oxygen atoms in total. The first-order valence-corrected chi connectivity index (χ1v) is 10.4. The summed E-state index contributed by atoms with van der Waals surface area (Å²) in [6, 6.07) is 1.43. The number of aromatic nitrogens is 1. The Balaban J connectivity index is 1.49. The van der Waals surface area contributed by atoms with Gasteiger partial charge in [0, 0.05) is 52.0 Å². The fourth-order valence-corrected chi connectivity index (χ4v) is 4.34. The number of aromatic amines is 1. The van der Waals surface area contributed by atoms with E-state index in [1.807, 2.05) is 0 Å². The Morgan fingerprint density at radius 3 is 2.60 bits per heavy atom. The smallest absolute Gasteiger partial charge is 0.270 e. The zero-order chi connectivity index (χ0) is 17.7. The second-order valence-electron chi connectivity index (χ2n) is 6.59. The molecule has 3 N–H and O–H groups in total. The van der Waals surface area contributed by atoms with Crippen molar-refractivity contribution in [1.29, 1.82) is 0 Å². The van der Waals surface area contributed by atoms with Crippen LogP contribution in [-0.2, 0) is 10.0 Å². The first-order chi connectivity index (χ1) is 12.1. The summed E-state index contributed by atoms with van der Waals surface area (Å²) in [4.78, 5) is 19.3. The second-order valence-corrected chi connectivity index (χ2v) is 8.36. The number of sulfonamides is 1. The average molecular weight is 369 g/mol. The van der Waals surface area contributed by atoms with E-state index in [-0.39, 0.29) is 10.8 Å². The maximum absolute atomic E-state index is 12.4. The standard InChI is InChI=1S/C16H27N5O3S/c22-16(21-8-1-2-9-21)15-12-14(13-18-15)25(23,24)19-4-3-7-20-10-5-17-6-11-20/h12-13,17-19H,1-11H2. The minimum atomic E-state index is -3.58. The summed E-state index contributed by atoms with van der Waals surface area (Å²) in [7, 11) is -3.58. The van der Waals surface area contributed by atoms with E-state index < -0.39 is 10.0 Å². The van der Waals surface area contributed by atoms with Crippen molar-refractivity contribution in [1.82, 2.24) is 24.8 Å². The third-order valence-electron chi connectivity index (χ3n) is 4.74. The van der Waals surface area contributed by atoms with E-state index in [1.165, 1.54) is 12.3 Å². The van der Waals surface area contributed by atoms with Crippen LogP contribution in [-0.4, -0.2) is 81.5 Å².